The summed E-state index contributed by atoms with van der Waals surface area (Å²) >= 11 is 0. The fraction of sp³-hybridized carbons (Fsp3) is 0.263. The maximum Gasteiger partial charge on any atom is 0.232 e. The van der Waals surface area contributed by atoms with Crippen LogP contribution in [0.2, 0.25) is 0 Å². The second-order valence-corrected chi connectivity index (χ2v) is 5.85. The van der Waals surface area contributed by atoms with E-state index in [0.29, 0.717) is 17.2 Å². The molecule has 1 aliphatic rings. The molecule has 2 aromatic rings. The first kappa shape index (κ1) is 14.5. The smallest absolute Gasteiger partial charge is 0.232 e. The molecule has 0 aromatic heterocycles. The van der Waals surface area contributed by atoms with Gasteiger partial charge in [-0.1, -0.05) is 42.5 Å². The van der Waals surface area contributed by atoms with Crippen LogP contribution in [-0.2, 0) is 4.79 Å². The number of anilines is 1. The molecular weight excluding hydrogens is 274 g/mol. The van der Waals surface area contributed by atoms with Gasteiger partial charge in [0.15, 0.2) is 5.78 Å². The van der Waals surface area contributed by atoms with Gasteiger partial charge in [-0.05, 0) is 43.4 Å². The monoisotopic (exact) mass is 293 g/mol. The van der Waals surface area contributed by atoms with E-state index < -0.39 is 0 Å². The van der Waals surface area contributed by atoms with Crippen LogP contribution in [0.4, 0.5) is 5.69 Å². The van der Waals surface area contributed by atoms with Crippen molar-refractivity contribution in [2.45, 2.75) is 25.7 Å². The molecule has 1 aliphatic carbocycles. The molecule has 1 unspecified atom stereocenters. The fourth-order valence-electron chi connectivity index (χ4n) is 2.76. The molecule has 112 valence electrons. The third-order valence-corrected chi connectivity index (χ3v) is 4.07. The number of hydrogen-bond donors (Lipinski definition) is 1. The largest absolute Gasteiger partial charge is 0.326 e. The second kappa shape index (κ2) is 6.14. The zero-order valence-electron chi connectivity index (χ0n) is 12.6. The minimum atomic E-state index is -0.109. The quantitative estimate of drug-likeness (QED) is 0.846. The molecule has 2 aromatic carbocycles. The summed E-state index contributed by atoms with van der Waals surface area (Å²) in [6.45, 7) is 1.53. The van der Waals surface area contributed by atoms with Crippen LogP contribution in [0.15, 0.2) is 54.6 Å². The lowest BCUT2D eigenvalue weighted by Crippen LogP contribution is -2.22. The summed E-state index contributed by atoms with van der Waals surface area (Å²) < 4.78 is 0. The van der Waals surface area contributed by atoms with E-state index in [1.807, 2.05) is 36.4 Å². The van der Waals surface area contributed by atoms with Gasteiger partial charge in [0.2, 0.25) is 5.91 Å². The number of nitrogens with one attached hydrogen (secondary N) is 1. The van der Waals surface area contributed by atoms with Crippen LogP contribution >= 0.6 is 0 Å². The Morgan fingerprint density at radius 3 is 2.41 bits per heavy atom. The highest BCUT2D eigenvalue weighted by atomic mass is 16.2. The Kier molecular flexibility index (Phi) is 4.05. The van der Waals surface area contributed by atoms with E-state index in [2.05, 4.69) is 5.32 Å². The average Bonchev–Trinajstić information content (AvgIpc) is 3.33. The van der Waals surface area contributed by atoms with Gasteiger partial charge >= 0.3 is 0 Å². The number of ketones is 1. The number of rotatable bonds is 5. The molecule has 1 fully saturated rings. The molecule has 3 nitrogen and oxygen atoms in total. The van der Waals surface area contributed by atoms with Gasteiger partial charge < -0.3 is 5.32 Å². The molecule has 0 saturated heterocycles. The van der Waals surface area contributed by atoms with Crippen LogP contribution in [0, 0.1) is 5.92 Å². The second-order valence-electron chi connectivity index (χ2n) is 5.85. The Balaban J connectivity index is 1.80. The molecule has 1 N–H and O–H groups in total. The Labute approximate surface area is 130 Å². The van der Waals surface area contributed by atoms with Gasteiger partial charge in [-0.3, -0.25) is 9.59 Å². The molecule has 0 spiro atoms. The van der Waals surface area contributed by atoms with Gasteiger partial charge in [0.25, 0.3) is 0 Å². The van der Waals surface area contributed by atoms with Crippen LogP contribution < -0.4 is 5.32 Å². The SMILES string of the molecule is CC(=O)c1cccc(NC(=O)C(c2ccccc2)C2CC2)c1. The fourth-order valence-corrected chi connectivity index (χ4v) is 2.76. The molecule has 1 amide bonds. The highest BCUT2D eigenvalue weighted by Gasteiger charge is 2.37. The van der Waals surface area contributed by atoms with E-state index in [9.17, 15) is 9.59 Å². The number of carbonyl (C=O) groups excluding carboxylic acids is 2. The lowest BCUT2D eigenvalue weighted by Gasteiger charge is -2.17. The standard InChI is InChI=1S/C19H19NO2/c1-13(21)16-8-5-9-17(12-16)20-19(22)18(15-10-11-15)14-6-3-2-4-7-14/h2-9,12,15,18H,10-11H2,1H3,(H,20,22). The molecule has 3 rings (SSSR count). The summed E-state index contributed by atoms with van der Waals surface area (Å²) in [6, 6.07) is 17.0. The lowest BCUT2D eigenvalue weighted by atomic mass is 9.93. The van der Waals surface area contributed by atoms with Crippen molar-refractivity contribution >= 4 is 17.4 Å². The van der Waals surface area contributed by atoms with Gasteiger partial charge in [0.1, 0.15) is 0 Å². The lowest BCUT2D eigenvalue weighted by molar-refractivity contribution is -0.118. The van der Waals surface area contributed by atoms with E-state index >= 15 is 0 Å². The predicted molar refractivity (Wildman–Crippen MR) is 87.0 cm³/mol. The summed E-state index contributed by atoms with van der Waals surface area (Å²) in [5, 5.41) is 2.97. The molecule has 0 heterocycles. The third-order valence-electron chi connectivity index (χ3n) is 4.07. The van der Waals surface area contributed by atoms with Crippen molar-refractivity contribution in [1.29, 1.82) is 0 Å². The molecule has 1 saturated carbocycles. The van der Waals surface area contributed by atoms with Gasteiger partial charge in [0, 0.05) is 11.3 Å². The maximum atomic E-state index is 12.7. The van der Waals surface area contributed by atoms with E-state index in [4.69, 9.17) is 0 Å². The summed E-state index contributed by atoms with van der Waals surface area (Å²) in [5.41, 5.74) is 2.35. The van der Waals surface area contributed by atoms with Crippen molar-refractivity contribution in [2.75, 3.05) is 5.32 Å². The molecule has 0 bridgehead atoms. The number of hydrogen-bond acceptors (Lipinski definition) is 2. The van der Waals surface area contributed by atoms with Crippen molar-refractivity contribution in [3.05, 3.63) is 65.7 Å². The topological polar surface area (TPSA) is 46.2 Å². The van der Waals surface area contributed by atoms with E-state index in [0.717, 1.165) is 18.4 Å². The highest BCUT2D eigenvalue weighted by Crippen LogP contribution is 2.43. The predicted octanol–water partition coefficient (Wildman–Crippen LogP) is 4.02. The molecule has 3 heteroatoms. The van der Waals surface area contributed by atoms with Crippen molar-refractivity contribution in [1.82, 2.24) is 0 Å². The van der Waals surface area contributed by atoms with Crippen LogP contribution in [0.1, 0.15) is 41.6 Å². The number of carbonyl (C=O) groups is 2. The molecule has 22 heavy (non-hydrogen) atoms. The van der Waals surface area contributed by atoms with Crippen molar-refractivity contribution in [2.24, 2.45) is 5.92 Å². The summed E-state index contributed by atoms with van der Waals surface area (Å²) in [5.74, 6) is 0.327. The molecular formula is C19H19NO2. The van der Waals surface area contributed by atoms with E-state index in [-0.39, 0.29) is 17.6 Å². The highest BCUT2D eigenvalue weighted by molar-refractivity contribution is 5.99. The summed E-state index contributed by atoms with van der Waals surface area (Å²) in [7, 11) is 0. The minimum Gasteiger partial charge on any atom is -0.326 e. The first-order chi connectivity index (χ1) is 10.6. The average molecular weight is 293 g/mol. The van der Waals surface area contributed by atoms with E-state index in [1.54, 1.807) is 18.2 Å². The Morgan fingerprint density at radius 2 is 1.77 bits per heavy atom. The van der Waals surface area contributed by atoms with Crippen molar-refractivity contribution in [3.8, 4) is 0 Å². The van der Waals surface area contributed by atoms with Gasteiger partial charge in [-0.25, -0.2) is 0 Å². The number of Topliss-reactive ketones (excluding diaryl/α,β-unsaturated/α-hetero) is 1. The third kappa shape index (κ3) is 3.25. The Hall–Kier alpha value is -2.42. The minimum absolute atomic E-state index is 0.00194. The zero-order chi connectivity index (χ0) is 15.5. The Morgan fingerprint density at radius 1 is 1.05 bits per heavy atom. The van der Waals surface area contributed by atoms with Crippen LogP contribution in [-0.4, -0.2) is 11.7 Å². The van der Waals surface area contributed by atoms with Gasteiger partial charge in [-0.2, -0.15) is 0 Å². The molecule has 0 radical (unpaired) electrons. The van der Waals surface area contributed by atoms with Gasteiger partial charge in [0.05, 0.1) is 5.92 Å². The van der Waals surface area contributed by atoms with Crippen molar-refractivity contribution < 1.29 is 9.59 Å². The normalized spacial score (nSPS) is 15.1. The first-order valence-electron chi connectivity index (χ1n) is 7.62. The van der Waals surface area contributed by atoms with Gasteiger partial charge in [-0.15, -0.1) is 0 Å². The van der Waals surface area contributed by atoms with Crippen LogP contribution in [0.3, 0.4) is 0 Å². The maximum absolute atomic E-state index is 12.7. The summed E-state index contributed by atoms with van der Waals surface area (Å²) in [4.78, 5) is 24.1. The number of amides is 1. The van der Waals surface area contributed by atoms with Crippen molar-refractivity contribution in [3.63, 3.8) is 0 Å². The Bertz CT molecular complexity index is 690. The van der Waals surface area contributed by atoms with E-state index in [1.165, 1.54) is 6.92 Å². The summed E-state index contributed by atoms with van der Waals surface area (Å²) in [6.07, 6.45) is 2.20. The molecule has 0 aliphatic heterocycles. The first-order valence-corrected chi connectivity index (χ1v) is 7.62. The molecule has 1 atom stereocenters. The number of benzene rings is 2. The van der Waals surface area contributed by atoms with Crippen LogP contribution in [0.5, 0.6) is 0 Å². The van der Waals surface area contributed by atoms with Crippen LogP contribution in [0.25, 0.3) is 0 Å². The zero-order valence-corrected chi connectivity index (χ0v) is 12.6.